The molecule has 2 aliphatic rings. The molecule has 0 aromatic heterocycles. The summed E-state index contributed by atoms with van der Waals surface area (Å²) in [6.45, 7) is 39.3. The molecule has 10 rings (SSSR count). The van der Waals surface area contributed by atoms with Gasteiger partial charge in [0, 0.05) is 83.8 Å². The number of nitrogens with two attached hydrogens (primary N) is 1. The molecule has 1 aliphatic heterocycles. The summed E-state index contributed by atoms with van der Waals surface area (Å²) in [5.41, 5.74) is 10.7. The largest absolute Gasteiger partial charge is 0.490 e. The van der Waals surface area contributed by atoms with Crippen LogP contribution in [0.2, 0.25) is 0 Å². The molecule has 8 aromatic carbocycles. The third kappa shape index (κ3) is 38.3. The fraction of sp³-hybridized carbons (Fsp3) is 0.446. The number of benzene rings is 8. The van der Waals surface area contributed by atoms with Gasteiger partial charge in [0.25, 0.3) is 17.5 Å². The summed E-state index contributed by atoms with van der Waals surface area (Å²) in [7, 11) is -1.87. The number of hydrogen-bond donors (Lipinski definition) is 4. The molecule has 7 N–H and O–H groups in total. The third-order valence-corrected chi connectivity index (χ3v) is 22.7. The predicted molar refractivity (Wildman–Crippen MR) is 489 cm³/mol. The third-order valence-electron chi connectivity index (χ3n) is 21.0. The van der Waals surface area contributed by atoms with Gasteiger partial charge >= 0.3 is 5.97 Å². The van der Waals surface area contributed by atoms with Gasteiger partial charge in [-0.1, -0.05) is 245 Å². The van der Waals surface area contributed by atoms with Crippen molar-refractivity contribution in [1.29, 1.82) is 10.5 Å². The number of esters is 1. The average molecular weight is 1710 g/mol. The molecule has 1 atom stereocenters. The summed E-state index contributed by atoms with van der Waals surface area (Å²) >= 11 is 0. The van der Waals surface area contributed by atoms with Gasteiger partial charge in [-0.25, -0.2) is 27.2 Å². The number of ether oxygens (including phenoxy) is 3. The van der Waals surface area contributed by atoms with Crippen LogP contribution in [0.15, 0.2) is 194 Å². The normalized spacial score (nSPS) is 13.9. The number of hydrogen-bond acceptors (Lipinski definition) is 15. The Balaban J connectivity index is 0.000000377. The predicted octanol–water partition coefficient (Wildman–Crippen LogP) is 20.9. The highest BCUT2D eigenvalue weighted by molar-refractivity contribution is 7.92. The number of piperidine rings is 1. The van der Waals surface area contributed by atoms with Gasteiger partial charge in [-0.3, -0.25) is 24.4 Å². The highest BCUT2D eigenvalue weighted by Gasteiger charge is 2.31. The van der Waals surface area contributed by atoms with Gasteiger partial charge in [0.15, 0.2) is 22.2 Å². The van der Waals surface area contributed by atoms with E-state index in [9.17, 15) is 51.6 Å². The number of quaternary nitrogens is 1. The highest BCUT2D eigenvalue weighted by Crippen LogP contribution is 2.34. The van der Waals surface area contributed by atoms with Gasteiger partial charge in [0.05, 0.1) is 41.2 Å². The van der Waals surface area contributed by atoms with Crippen LogP contribution < -0.4 is 25.2 Å². The molecule has 1 heterocycles. The van der Waals surface area contributed by atoms with E-state index in [-0.39, 0.29) is 81.1 Å². The van der Waals surface area contributed by atoms with E-state index in [1.807, 2.05) is 145 Å². The number of nitrogens with one attached hydrogen (secondary N) is 1. The minimum absolute atomic E-state index is 0. The number of amides is 1. The number of halogens is 2. The second-order valence-corrected chi connectivity index (χ2v) is 35.9. The number of carbonyl (C=O) groups is 5. The lowest BCUT2D eigenvalue weighted by molar-refractivity contribution is -0.825. The van der Waals surface area contributed by atoms with Crippen molar-refractivity contribution >= 4 is 68.5 Å². The molecule has 1 saturated heterocycles. The lowest BCUT2D eigenvalue weighted by Crippen LogP contribution is -2.74. The van der Waals surface area contributed by atoms with Crippen molar-refractivity contribution in [2.75, 3.05) is 55.1 Å². The summed E-state index contributed by atoms with van der Waals surface area (Å²) in [6.07, 6.45) is 8.16. The standard InChI is InChI=1S/C25H27NO3.C15H22N2O2.C13H15NO2.C13H24O3S.C12H13F2N.C12H16NO2.C11H16.H2O/c1-19(2)17-20-9-8-10-21(18-20)26-25(27)23-13-6-7-14-24(23)29-16-15-28-22-11-4-3-5-12-22;1-11(2)15(18)12-7-9-17(10-8-12)14-6-4-3-5-13(14)16-19;1-9(2)7-10-5-4-6-11(12(10)8-14)13(15)16-3;1-10(2)13(14)9-17(15,16)8-12-6-4-11(3)5-7-12;1-8(2)9-4-5-10(7-15)11(6-9)12(3,13)14;1-9(2)12(14)8-10-6-4-5-7-11(10)13(3)15;1-9(2)10(3)11-7-5-4-6-8-11;/h3-14,18-19H,15-17H2,1-2H3,(H,26,27);3-6,11-12,16,19H,7-10H2,1-2H3;4-6,9H,7H2,1-3H3;10-12H,4-9H2,1-3H3;4-6,8H,1-3H3;4-7,9,15H,3,8H2,1-2H3;4-10H,1-3H3;1H2/q;;;;;+1;;/p+1. The van der Waals surface area contributed by atoms with Crippen LogP contribution in [0.25, 0.3) is 0 Å². The molecular weight excluding hydrogens is 1580 g/mol. The van der Waals surface area contributed by atoms with Crippen LogP contribution in [0.5, 0.6) is 11.5 Å². The monoisotopic (exact) mass is 1710 g/mol. The van der Waals surface area contributed by atoms with E-state index in [2.05, 4.69) is 120 Å². The van der Waals surface area contributed by atoms with Gasteiger partial charge in [-0.15, -0.1) is 0 Å². The van der Waals surface area contributed by atoms with Crippen LogP contribution in [0.3, 0.4) is 0 Å². The van der Waals surface area contributed by atoms with Gasteiger partial charge in [-0.2, -0.15) is 16.0 Å². The minimum atomic E-state index is -3.19. The molecule has 1 saturated carbocycles. The van der Waals surface area contributed by atoms with Crippen molar-refractivity contribution in [2.24, 2.45) is 53.3 Å². The van der Waals surface area contributed by atoms with Crippen molar-refractivity contribution in [3.05, 3.63) is 250 Å². The van der Waals surface area contributed by atoms with Gasteiger partial charge in [-0.05, 0) is 163 Å². The van der Waals surface area contributed by atoms with E-state index in [0.29, 0.717) is 71.3 Å². The fourth-order valence-electron chi connectivity index (χ4n) is 13.6. The van der Waals surface area contributed by atoms with Crippen LogP contribution in [0, 0.1) is 75.9 Å². The SMILES string of the molecule is C=[N+](O)c1ccccc1CC(=O)C(C)C.CC(C)C(=O)C1CCN(c2ccccc2[NH2+]O)CC1.CC(C)C(C)c1ccccc1.CC(C)Cc1cccc(NC(=O)c2ccccc2OCCOc2ccccc2)c1.CC(C)c1ccc(C#N)c(C(C)(F)F)c1.CC1CCC(CS(=O)(=O)CC(=O)C(C)C)CC1.COC(=O)c1cccc(CC(C)C)c1C#N.O. The highest BCUT2D eigenvalue weighted by atomic mass is 32.2. The van der Waals surface area contributed by atoms with E-state index in [0.717, 1.165) is 133 Å². The second kappa shape index (κ2) is 54.7. The smallest absolute Gasteiger partial charge is 0.339 e. The first-order valence-corrected chi connectivity index (χ1v) is 44.4. The average Bonchev–Trinajstić information content (AvgIpc) is 0.825. The number of ketones is 3. The van der Waals surface area contributed by atoms with Crippen molar-refractivity contribution < 1.29 is 81.5 Å². The number of para-hydroxylation sites is 5. The van der Waals surface area contributed by atoms with Crippen LogP contribution in [0.1, 0.15) is 233 Å². The quantitative estimate of drug-likeness (QED) is 0.00644. The van der Waals surface area contributed by atoms with Crippen LogP contribution in [-0.4, -0.2) is 110 Å². The Bertz CT molecular complexity index is 4770. The molecule has 0 radical (unpaired) electrons. The number of Topliss-reactive ketones (excluding diaryl/α,β-unsaturated/α-hetero) is 3. The summed E-state index contributed by atoms with van der Waals surface area (Å²) in [6, 6.07) is 64.3. The molecule has 666 valence electrons. The summed E-state index contributed by atoms with van der Waals surface area (Å²) in [5, 5.41) is 39.3. The molecule has 22 heteroatoms. The molecule has 19 nitrogen and oxygen atoms in total. The molecule has 1 amide bonds. The zero-order valence-corrected chi connectivity index (χ0v) is 76.5. The zero-order valence-electron chi connectivity index (χ0n) is 75.6. The van der Waals surface area contributed by atoms with Crippen LogP contribution in [-0.2, 0) is 54.1 Å². The number of sulfone groups is 1. The first kappa shape index (κ1) is 106. The molecule has 8 aromatic rings. The Morgan fingerprint density at radius 3 is 1.73 bits per heavy atom. The second-order valence-electron chi connectivity index (χ2n) is 33.8. The van der Waals surface area contributed by atoms with E-state index in [1.165, 1.54) is 30.4 Å². The lowest BCUT2D eigenvalue weighted by Gasteiger charge is -2.33. The topological polar surface area (TPSA) is 302 Å². The number of methoxy groups -OCH3 is 1. The van der Waals surface area contributed by atoms with Crippen LogP contribution >= 0.6 is 0 Å². The minimum Gasteiger partial charge on any atom is -0.490 e. The molecule has 0 bridgehead atoms. The Morgan fingerprint density at radius 2 is 1.18 bits per heavy atom. The number of alkyl halides is 2. The lowest BCUT2D eigenvalue weighted by atomic mass is 9.84. The number of anilines is 2. The maximum atomic E-state index is 13.2. The molecule has 1 unspecified atom stereocenters. The molecular formula is C101H136F2N6O13S+2. The van der Waals surface area contributed by atoms with E-state index < -0.39 is 21.7 Å². The number of carbonyl (C=O) groups excluding carboxylic acids is 5. The summed E-state index contributed by atoms with van der Waals surface area (Å²) in [5.74, 6) is 1.83. The van der Waals surface area contributed by atoms with Crippen molar-refractivity contribution in [3.63, 3.8) is 0 Å². The van der Waals surface area contributed by atoms with E-state index in [4.69, 9.17) is 20.0 Å². The Morgan fingerprint density at radius 1 is 0.626 bits per heavy atom. The van der Waals surface area contributed by atoms with Crippen molar-refractivity contribution in [1.82, 2.24) is 0 Å². The molecule has 2 fully saturated rings. The maximum Gasteiger partial charge on any atom is 0.339 e. The first-order chi connectivity index (χ1) is 57.7. The van der Waals surface area contributed by atoms with Crippen molar-refractivity contribution in [2.45, 2.75) is 193 Å². The van der Waals surface area contributed by atoms with Gasteiger partial charge in [0.2, 0.25) is 0 Å². The summed E-state index contributed by atoms with van der Waals surface area (Å²) < 4.78 is 67.0. The van der Waals surface area contributed by atoms with Gasteiger partial charge in [0.1, 0.15) is 59.6 Å². The summed E-state index contributed by atoms with van der Waals surface area (Å²) in [4.78, 5) is 61.6. The first-order valence-electron chi connectivity index (χ1n) is 42.6. The van der Waals surface area contributed by atoms with E-state index in [1.54, 1.807) is 62.4 Å². The Hall–Kier alpha value is -10.8. The number of rotatable bonds is 29. The molecule has 123 heavy (non-hydrogen) atoms. The zero-order chi connectivity index (χ0) is 90.8. The molecule has 0 spiro atoms. The Labute approximate surface area is 731 Å². The number of nitrogens with zero attached hydrogens (tertiary/aromatic N) is 4. The maximum absolute atomic E-state index is 13.2. The van der Waals surface area contributed by atoms with Crippen LogP contribution in [0.4, 0.5) is 31.5 Å². The van der Waals surface area contributed by atoms with Crippen molar-refractivity contribution in [3.8, 4) is 23.6 Å². The fourth-order valence-corrected chi connectivity index (χ4v) is 15.5. The Kier molecular flexibility index (Phi) is 47.3. The van der Waals surface area contributed by atoms with E-state index >= 15 is 0 Å². The molecule has 1 aliphatic carbocycles. The van der Waals surface area contributed by atoms with Gasteiger partial charge < -0.3 is 29.9 Å². The number of nitriles is 2.